The molecule has 0 radical (unpaired) electrons. The Morgan fingerprint density at radius 1 is 1.21 bits per heavy atom. The predicted octanol–water partition coefficient (Wildman–Crippen LogP) is 4.46. The van der Waals surface area contributed by atoms with Gasteiger partial charge in [0.2, 0.25) is 0 Å². The third kappa shape index (κ3) is 2.03. The monoisotopic (exact) mass is 333 g/mol. The molecule has 1 aromatic carbocycles. The fourth-order valence-electron chi connectivity index (χ4n) is 2.14. The van der Waals surface area contributed by atoms with Gasteiger partial charge in [0, 0.05) is 10.2 Å². The van der Waals surface area contributed by atoms with Crippen molar-refractivity contribution < 1.29 is 0 Å². The highest BCUT2D eigenvalue weighted by Crippen LogP contribution is 2.25. The first-order valence-electron chi connectivity index (χ1n) is 5.92. The standard InChI is InChI=1S/C14H12BrN3S/c1-8-6-7-11-13(16-8)18(14(19)17-11)12-5-3-4-10(15)9(12)2/h3-7H,1-2H3,(H,17,19). The van der Waals surface area contributed by atoms with Crippen LogP contribution in [0.1, 0.15) is 11.3 Å². The first-order chi connectivity index (χ1) is 9.08. The number of nitrogens with zero attached hydrogens (tertiary/aromatic N) is 2. The van der Waals surface area contributed by atoms with Crippen molar-refractivity contribution in [1.82, 2.24) is 14.5 Å². The number of nitrogens with one attached hydrogen (secondary N) is 1. The number of pyridine rings is 1. The SMILES string of the molecule is Cc1ccc2[nH]c(=S)n(-c3cccc(Br)c3C)c2n1. The number of rotatable bonds is 1. The van der Waals surface area contributed by atoms with Gasteiger partial charge in [-0.3, -0.25) is 4.57 Å². The summed E-state index contributed by atoms with van der Waals surface area (Å²) in [7, 11) is 0. The summed E-state index contributed by atoms with van der Waals surface area (Å²) in [5.41, 5.74) is 4.98. The van der Waals surface area contributed by atoms with Crippen molar-refractivity contribution in [1.29, 1.82) is 0 Å². The fraction of sp³-hybridized carbons (Fsp3) is 0.143. The molecule has 0 unspecified atom stereocenters. The Balaban J connectivity index is 2.42. The first kappa shape index (κ1) is 12.6. The minimum Gasteiger partial charge on any atom is -0.329 e. The number of aromatic amines is 1. The van der Waals surface area contributed by atoms with Crippen LogP contribution in [0.15, 0.2) is 34.8 Å². The van der Waals surface area contributed by atoms with E-state index in [4.69, 9.17) is 12.2 Å². The molecule has 0 saturated heterocycles. The molecule has 0 aliphatic heterocycles. The van der Waals surface area contributed by atoms with Crippen molar-refractivity contribution in [3.63, 3.8) is 0 Å². The van der Waals surface area contributed by atoms with Crippen molar-refractivity contribution in [3.05, 3.63) is 50.8 Å². The third-order valence-electron chi connectivity index (χ3n) is 3.15. The van der Waals surface area contributed by atoms with Crippen LogP contribution in [0.5, 0.6) is 0 Å². The maximum atomic E-state index is 5.43. The normalized spacial score (nSPS) is 11.1. The Morgan fingerprint density at radius 2 is 2.00 bits per heavy atom. The van der Waals surface area contributed by atoms with Gasteiger partial charge in [-0.1, -0.05) is 22.0 Å². The molecular weight excluding hydrogens is 322 g/mol. The molecule has 5 heteroatoms. The van der Waals surface area contributed by atoms with Gasteiger partial charge in [0.25, 0.3) is 0 Å². The average Bonchev–Trinajstić information content (AvgIpc) is 2.69. The van der Waals surface area contributed by atoms with Crippen molar-refractivity contribution in [2.45, 2.75) is 13.8 Å². The van der Waals surface area contributed by atoms with Crippen molar-refractivity contribution in [3.8, 4) is 5.69 Å². The van der Waals surface area contributed by atoms with Crippen LogP contribution in [0, 0.1) is 18.6 Å². The lowest BCUT2D eigenvalue weighted by Crippen LogP contribution is -1.99. The van der Waals surface area contributed by atoms with Gasteiger partial charge < -0.3 is 4.98 Å². The van der Waals surface area contributed by atoms with Gasteiger partial charge in [0.1, 0.15) is 0 Å². The summed E-state index contributed by atoms with van der Waals surface area (Å²) in [4.78, 5) is 7.79. The van der Waals surface area contributed by atoms with Gasteiger partial charge in [0.15, 0.2) is 10.4 Å². The van der Waals surface area contributed by atoms with Crippen LogP contribution in [0.3, 0.4) is 0 Å². The zero-order valence-electron chi connectivity index (χ0n) is 10.6. The molecule has 0 atom stereocenters. The van der Waals surface area contributed by atoms with Crippen LogP contribution in [0.4, 0.5) is 0 Å². The summed E-state index contributed by atoms with van der Waals surface area (Å²) in [6, 6.07) is 10.1. The zero-order chi connectivity index (χ0) is 13.6. The average molecular weight is 334 g/mol. The van der Waals surface area contributed by atoms with Gasteiger partial charge >= 0.3 is 0 Å². The van der Waals surface area contributed by atoms with Gasteiger partial charge in [-0.25, -0.2) is 4.98 Å². The second-order valence-electron chi connectivity index (χ2n) is 4.47. The molecule has 19 heavy (non-hydrogen) atoms. The molecule has 2 heterocycles. The fourth-order valence-corrected chi connectivity index (χ4v) is 2.79. The van der Waals surface area contributed by atoms with Crippen molar-refractivity contribution in [2.24, 2.45) is 0 Å². The van der Waals surface area contributed by atoms with E-state index in [-0.39, 0.29) is 0 Å². The molecule has 0 saturated carbocycles. The molecule has 0 fully saturated rings. The summed E-state index contributed by atoms with van der Waals surface area (Å²) < 4.78 is 3.71. The number of aryl methyl sites for hydroxylation is 1. The summed E-state index contributed by atoms with van der Waals surface area (Å²) in [5.74, 6) is 0. The van der Waals surface area contributed by atoms with Gasteiger partial charge in [-0.2, -0.15) is 0 Å². The lowest BCUT2D eigenvalue weighted by atomic mass is 10.2. The third-order valence-corrected chi connectivity index (χ3v) is 4.29. The number of fused-ring (bicyclic) bond motifs is 1. The van der Waals surface area contributed by atoms with E-state index in [2.05, 4.69) is 32.8 Å². The van der Waals surface area contributed by atoms with E-state index < -0.39 is 0 Å². The van der Waals surface area contributed by atoms with Crippen LogP contribution in [0.2, 0.25) is 0 Å². The minimum atomic E-state index is 0.661. The Morgan fingerprint density at radius 3 is 2.79 bits per heavy atom. The van der Waals surface area contributed by atoms with E-state index >= 15 is 0 Å². The number of benzene rings is 1. The molecule has 0 amide bonds. The molecule has 3 aromatic rings. The molecular formula is C14H12BrN3S. The highest BCUT2D eigenvalue weighted by molar-refractivity contribution is 9.10. The topological polar surface area (TPSA) is 33.6 Å². The summed E-state index contributed by atoms with van der Waals surface area (Å²) in [6.07, 6.45) is 0. The van der Waals surface area contributed by atoms with E-state index in [1.54, 1.807) is 0 Å². The molecule has 3 nitrogen and oxygen atoms in total. The molecule has 0 aliphatic carbocycles. The molecule has 0 spiro atoms. The van der Waals surface area contributed by atoms with E-state index in [0.717, 1.165) is 32.6 Å². The summed E-state index contributed by atoms with van der Waals surface area (Å²) in [6.45, 7) is 4.05. The smallest absolute Gasteiger partial charge is 0.184 e. The van der Waals surface area contributed by atoms with Gasteiger partial charge in [0.05, 0.1) is 11.2 Å². The zero-order valence-corrected chi connectivity index (χ0v) is 13.0. The van der Waals surface area contributed by atoms with Gasteiger partial charge in [-0.15, -0.1) is 0 Å². The Hall–Kier alpha value is -1.46. The Kier molecular flexibility index (Phi) is 3.03. The minimum absolute atomic E-state index is 0.661. The predicted molar refractivity (Wildman–Crippen MR) is 83.4 cm³/mol. The number of halogens is 1. The number of aromatic nitrogens is 3. The molecule has 96 valence electrons. The summed E-state index contributed by atoms with van der Waals surface area (Å²) >= 11 is 8.99. The first-order valence-corrected chi connectivity index (χ1v) is 7.12. The van der Waals surface area contributed by atoms with E-state index in [1.807, 2.05) is 41.8 Å². The van der Waals surface area contributed by atoms with Crippen LogP contribution < -0.4 is 0 Å². The lowest BCUT2D eigenvalue weighted by molar-refractivity contribution is 1.02. The molecule has 0 aliphatic rings. The second kappa shape index (κ2) is 4.58. The number of hydrogen-bond donors (Lipinski definition) is 1. The Bertz CT molecular complexity index is 832. The van der Waals surface area contributed by atoms with Crippen molar-refractivity contribution >= 4 is 39.3 Å². The van der Waals surface area contributed by atoms with Crippen molar-refractivity contribution in [2.75, 3.05) is 0 Å². The lowest BCUT2D eigenvalue weighted by Gasteiger charge is -2.09. The number of imidazole rings is 1. The van der Waals surface area contributed by atoms with E-state index in [0.29, 0.717) is 4.77 Å². The summed E-state index contributed by atoms with van der Waals surface area (Å²) in [5, 5.41) is 0. The Labute approximate surface area is 124 Å². The maximum Gasteiger partial charge on any atom is 0.184 e. The molecule has 3 rings (SSSR count). The largest absolute Gasteiger partial charge is 0.329 e. The maximum absolute atomic E-state index is 5.43. The van der Waals surface area contributed by atoms with Gasteiger partial charge in [-0.05, 0) is 55.9 Å². The highest BCUT2D eigenvalue weighted by atomic mass is 79.9. The molecule has 1 N–H and O–H groups in total. The van der Waals surface area contributed by atoms with Crippen LogP contribution in [-0.2, 0) is 0 Å². The molecule has 2 aromatic heterocycles. The molecule has 0 bridgehead atoms. The van der Waals surface area contributed by atoms with Crippen LogP contribution in [0.25, 0.3) is 16.9 Å². The quantitative estimate of drug-likeness (QED) is 0.667. The number of H-pyrrole nitrogens is 1. The van der Waals surface area contributed by atoms with E-state index in [9.17, 15) is 0 Å². The van der Waals surface area contributed by atoms with E-state index in [1.165, 1.54) is 0 Å². The second-order valence-corrected chi connectivity index (χ2v) is 5.71. The highest BCUT2D eigenvalue weighted by Gasteiger charge is 2.11. The van der Waals surface area contributed by atoms with Crippen LogP contribution in [-0.4, -0.2) is 14.5 Å². The van der Waals surface area contributed by atoms with Crippen LogP contribution >= 0.6 is 28.1 Å². The number of hydrogen-bond acceptors (Lipinski definition) is 2.